The molecule has 1 aromatic carbocycles. The van der Waals surface area contributed by atoms with E-state index in [1.807, 2.05) is 6.20 Å². The lowest BCUT2D eigenvalue weighted by atomic mass is 10.1. The molecule has 3 nitrogen and oxygen atoms in total. The molecule has 3 heteroatoms. The van der Waals surface area contributed by atoms with Crippen LogP contribution in [0.1, 0.15) is 30.1 Å². The van der Waals surface area contributed by atoms with E-state index in [0.29, 0.717) is 6.04 Å². The molecule has 2 aromatic rings. The molecule has 0 aliphatic carbocycles. The Labute approximate surface area is 108 Å². The van der Waals surface area contributed by atoms with Gasteiger partial charge in [0.2, 0.25) is 0 Å². The zero-order valence-electron chi connectivity index (χ0n) is 10.5. The smallest absolute Gasteiger partial charge is 0.0523 e. The van der Waals surface area contributed by atoms with Crippen LogP contribution in [-0.2, 0) is 6.42 Å². The lowest BCUT2D eigenvalue weighted by Crippen LogP contribution is -2.26. The van der Waals surface area contributed by atoms with Crippen LogP contribution in [0.15, 0.2) is 42.6 Å². The maximum Gasteiger partial charge on any atom is 0.0523 e. The van der Waals surface area contributed by atoms with E-state index in [1.54, 1.807) is 0 Å². The molecule has 1 unspecified atom stereocenters. The number of aromatic nitrogens is 2. The number of likely N-dealkylation sites (tertiary alicyclic amines) is 1. The van der Waals surface area contributed by atoms with Gasteiger partial charge in [-0.15, -0.1) is 0 Å². The molecule has 1 aliphatic heterocycles. The second-order valence-corrected chi connectivity index (χ2v) is 4.94. The number of benzene rings is 1. The summed E-state index contributed by atoms with van der Waals surface area (Å²) in [5.74, 6) is 0. The van der Waals surface area contributed by atoms with Crippen LogP contribution in [0.2, 0.25) is 0 Å². The Bertz CT molecular complexity index is 464. The molecule has 1 saturated heterocycles. The summed E-state index contributed by atoms with van der Waals surface area (Å²) in [4.78, 5) is 2.57. The van der Waals surface area contributed by atoms with Crippen molar-refractivity contribution in [2.75, 3.05) is 13.1 Å². The van der Waals surface area contributed by atoms with Crippen molar-refractivity contribution in [1.82, 2.24) is 15.1 Å². The molecule has 1 aromatic heterocycles. The summed E-state index contributed by atoms with van der Waals surface area (Å²) in [7, 11) is 0. The Balaban J connectivity index is 1.62. The molecule has 0 spiro atoms. The minimum absolute atomic E-state index is 0.538. The topological polar surface area (TPSA) is 31.9 Å². The Hall–Kier alpha value is -1.61. The molecule has 1 fully saturated rings. The number of hydrogen-bond acceptors (Lipinski definition) is 2. The van der Waals surface area contributed by atoms with E-state index in [0.717, 1.165) is 13.0 Å². The minimum atomic E-state index is 0.538. The maximum absolute atomic E-state index is 4.07. The largest absolute Gasteiger partial charge is 0.294 e. The first-order chi connectivity index (χ1) is 8.93. The van der Waals surface area contributed by atoms with E-state index >= 15 is 0 Å². The van der Waals surface area contributed by atoms with Crippen LogP contribution in [0, 0.1) is 0 Å². The van der Waals surface area contributed by atoms with E-state index in [9.17, 15) is 0 Å². The summed E-state index contributed by atoms with van der Waals surface area (Å²) in [6, 6.07) is 13.4. The standard InChI is InChI=1S/C15H19N3/c1-2-5-13(6-3-1)9-12-18-11-4-7-15(18)14-8-10-16-17-14/h1-3,5-6,8,10,15H,4,7,9,11-12H2,(H,16,17). The molecule has 1 atom stereocenters. The Morgan fingerprint density at radius 2 is 2.11 bits per heavy atom. The third-order valence-electron chi connectivity index (χ3n) is 3.78. The molecule has 0 radical (unpaired) electrons. The van der Waals surface area contributed by atoms with Crippen molar-refractivity contribution in [3.05, 3.63) is 53.9 Å². The molecule has 2 heterocycles. The molecule has 3 rings (SSSR count). The normalized spacial score (nSPS) is 20.3. The van der Waals surface area contributed by atoms with Gasteiger partial charge in [0.15, 0.2) is 0 Å². The van der Waals surface area contributed by atoms with Gasteiger partial charge >= 0.3 is 0 Å². The number of H-pyrrole nitrogens is 1. The van der Waals surface area contributed by atoms with Crippen molar-refractivity contribution in [3.63, 3.8) is 0 Å². The Morgan fingerprint density at radius 1 is 1.22 bits per heavy atom. The third-order valence-corrected chi connectivity index (χ3v) is 3.78. The van der Waals surface area contributed by atoms with Crippen LogP contribution in [0.4, 0.5) is 0 Å². The van der Waals surface area contributed by atoms with Gasteiger partial charge in [-0.2, -0.15) is 5.10 Å². The first-order valence-corrected chi connectivity index (χ1v) is 6.71. The van der Waals surface area contributed by atoms with Gasteiger partial charge in [0.1, 0.15) is 0 Å². The molecule has 1 aliphatic rings. The van der Waals surface area contributed by atoms with Gasteiger partial charge in [0, 0.05) is 12.7 Å². The highest BCUT2D eigenvalue weighted by molar-refractivity contribution is 5.15. The van der Waals surface area contributed by atoms with Gasteiger partial charge in [0.05, 0.1) is 11.7 Å². The molecule has 0 saturated carbocycles. The highest BCUT2D eigenvalue weighted by Gasteiger charge is 2.26. The molecule has 18 heavy (non-hydrogen) atoms. The summed E-state index contributed by atoms with van der Waals surface area (Å²) in [5.41, 5.74) is 2.69. The zero-order chi connectivity index (χ0) is 12.2. The fourth-order valence-electron chi connectivity index (χ4n) is 2.82. The minimum Gasteiger partial charge on any atom is -0.294 e. The first kappa shape index (κ1) is 11.5. The van der Waals surface area contributed by atoms with Crippen molar-refractivity contribution < 1.29 is 0 Å². The quantitative estimate of drug-likeness (QED) is 0.892. The first-order valence-electron chi connectivity index (χ1n) is 6.71. The SMILES string of the molecule is c1ccc(CCN2CCCC2c2ccn[nH]2)cc1. The molecule has 0 bridgehead atoms. The highest BCUT2D eigenvalue weighted by atomic mass is 15.2. The van der Waals surface area contributed by atoms with Gasteiger partial charge < -0.3 is 0 Å². The molecular formula is C15H19N3. The van der Waals surface area contributed by atoms with Gasteiger partial charge in [-0.1, -0.05) is 30.3 Å². The van der Waals surface area contributed by atoms with Crippen LogP contribution in [-0.4, -0.2) is 28.2 Å². The average Bonchev–Trinajstić information content (AvgIpc) is 3.08. The van der Waals surface area contributed by atoms with Crippen LogP contribution in [0.5, 0.6) is 0 Å². The summed E-state index contributed by atoms with van der Waals surface area (Å²) in [6.07, 6.45) is 5.52. The van der Waals surface area contributed by atoms with Crippen molar-refractivity contribution in [2.24, 2.45) is 0 Å². The summed E-state index contributed by atoms with van der Waals surface area (Å²) in [6.45, 7) is 2.34. The lowest BCUT2D eigenvalue weighted by molar-refractivity contribution is 0.256. The zero-order valence-corrected chi connectivity index (χ0v) is 10.5. The van der Waals surface area contributed by atoms with Gasteiger partial charge in [0.25, 0.3) is 0 Å². The van der Waals surface area contributed by atoms with Gasteiger partial charge in [-0.25, -0.2) is 0 Å². The maximum atomic E-state index is 4.07. The molecule has 94 valence electrons. The van der Waals surface area contributed by atoms with E-state index in [1.165, 1.54) is 30.6 Å². The number of nitrogens with one attached hydrogen (secondary N) is 1. The molecule has 1 N–H and O–H groups in total. The van der Waals surface area contributed by atoms with Crippen molar-refractivity contribution >= 4 is 0 Å². The summed E-state index contributed by atoms with van der Waals surface area (Å²) >= 11 is 0. The van der Waals surface area contributed by atoms with Gasteiger partial charge in [-0.05, 0) is 37.4 Å². The van der Waals surface area contributed by atoms with Crippen molar-refractivity contribution in [3.8, 4) is 0 Å². The summed E-state index contributed by atoms with van der Waals surface area (Å²) in [5, 5.41) is 7.18. The molecule has 0 amide bonds. The van der Waals surface area contributed by atoms with Crippen LogP contribution < -0.4 is 0 Å². The van der Waals surface area contributed by atoms with E-state index in [2.05, 4.69) is 51.5 Å². The average molecular weight is 241 g/mol. The monoisotopic (exact) mass is 241 g/mol. The van der Waals surface area contributed by atoms with Gasteiger partial charge in [-0.3, -0.25) is 10.00 Å². The van der Waals surface area contributed by atoms with E-state index in [4.69, 9.17) is 0 Å². The predicted octanol–water partition coefficient (Wildman–Crippen LogP) is 2.79. The second kappa shape index (κ2) is 5.36. The van der Waals surface area contributed by atoms with E-state index < -0.39 is 0 Å². The Kier molecular flexibility index (Phi) is 3.42. The number of aromatic amines is 1. The fraction of sp³-hybridized carbons (Fsp3) is 0.400. The number of nitrogens with zero attached hydrogens (tertiary/aromatic N) is 2. The second-order valence-electron chi connectivity index (χ2n) is 4.94. The Morgan fingerprint density at radius 3 is 2.89 bits per heavy atom. The number of hydrogen-bond donors (Lipinski definition) is 1. The lowest BCUT2D eigenvalue weighted by Gasteiger charge is -2.23. The summed E-state index contributed by atoms with van der Waals surface area (Å²) < 4.78 is 0. The fourth-order valence-corrected chi connectivity index (χ4v) is 2.82. The third kappa shape index (κ3) is 2.46. The number of rotatable bonds is 4. The van der Waals surface area contributed by atoms with E-state index in [-0.39, 0.29) is 0 Å². The molecular weight excluding hydrogens is 222 g/mol. The van der Waals surface area contributed by atoms with Crippen LogP contribution in [0.3, 0.4) is 0 Å². The van der Waals surface area contributed by atoms with Crippen molar-refractivity contribution in [1.29, 1.82) is 0 Å². The predicted molar refractivity (Wildman–Crippen MR) is 72.3 cm³/mol. The highest BCUT2D eigenvalue weighted by Crippen LogP contribution is 2.30. The van der Waals surface area contributed by atoms with Crippen LogP contribution in [0.25, 0.3) is 0 Å². The van der Waals surface area contributed by atoms with Crippen molar-refractivity contribution in [2.45, 2.75) is 25.3 Å². The van der Waals surface area contributed by atoms with Crippen LogP contribution >= 0.6 is 0 Å².